The lowest BCUT2D eigenvalue weighted by atomic mass is 10.0. The second-order valence-electron chi connectivity index (χ2n) is 4.64. The summed E-state index contributed by atoms with van der Waals surface area (Å²) in [5.74, 6) is 0.450. The molecule has 18 heavy (non-hydrogen) atoms. The Kier molecular flexibility index (Phi) is 5.13. The Bertz CT molecular complexity index is 469. The third kappa shape index (κ3) is 4.29. The third-order valence-electron chi connectivity index (χ3n) is 2.82. The van der Waals surface area contributed by atoms with Gasteiger partial charge in [-0.3, -0.25) is 0 Å². The van der Waals surface area contributed by atoms with Crippen molar-refractivity contribution in [2.24, 2.45) is 16.8 Å². The van der Waals surface area contributed by atoms with Crippen molar-refractivity contribution in [2.75, 3.05) is 11.9 Å². The van der Waals surface area contributed by atoms with Gasteiger partial charge >= 0.3 is 0 Å². The predicted octanol–water partition coefficient (Wildman–Crippen LogP) is 1.12. The molecule has 5 nitrogen and oxygen atoms in total. The number of hydrogen-bond acceptors (Lipinski definition) is 4. The van der Waals surface area contributed by atoms with E-state index < -0.39 is 10.0 Å². The Balaban J connectivity index is 2.79. The molecule has 0 saturated carbocycles. The van der Waals surface area contributed by atoms with Crippen LogP contribution in [0.5, 0.6) is 0 Å². The SMILES string of the molecule is CC(C)C(CCN)Nc1ccc(S(N)(=O)=O)cc1. The van der Waals surface area contributed by atoms with Crippen molar-refractivity contribution in [2.45, 2.75) is 31.2 Å². The summed E-state index contributed by atoms with van der Waals surface area (Å²) in [4.78, 5) is 0.118. The first kappa shape index (κ1) is 14.9. The molecule has 0 radical (unpaired) electrons. The lowest BCUT2D eigenvalue weighted by Gasteiger charge is -2.23. The minimum Gasteiger partial charge on any atom is -0.382 e. The van der Waals surface area contributed by atoms with E-state index in [0.29, 0.717) is 12.5 Å². The van der Waals surface area contributed by atoms with Crippen LogP contribution in [0, 0.1) is 5.92 Å². The zero-order valence-corrected chi connectivity index (χ0v) is 11.6. The van der Waals surface area contributed by atoms with Gasteiger partial charge in [0, 0.05) is 11.7 Å². The second kappa shape index (κ2) is 6.17. The number of primary sulfonamides is 1. The average molecular weight is 271 g/mol. The molecule has 0 saturated heterocycles. The van der Waals surface area contributed by atoms with Crippen LogP contribution in [0.3, 0.4) is 0 Å². The molecule has 102 valence electrons. The van der Waals surface area contributed by atoms with Crippen molar-refractivity contribution in [1.82, 2.24) is 0 Å². The molecule has 1 rings (SSSR count). The molecule has 1 unspecified atom stereocenters. The van der Waals surface area contributed by atoms with Crippen molar-refractivity contribution in [3.8, 4) is 0 Å². The fraction of sp³-hybridized carbons (Fsp3) is 0.500. The van der Waals surface area contributed by atoms with E-state index in [2.05, 4.69) is 19.2 Å². The van der Waals surface area contributed by atoms with Gasteiger partial charge in [-0.25, -0.2) is 13.6 Å². The van der Waals surface area contributed by atoms with Gasteiger partial charge in [-0.1, -0.05) is 13.8 Å². The van der Waals surface area contributed by atoms with Gasteiger partial charge in [0.1, 0.15) is 0 Å². The molecule has 0 heterocycles. The first-order valence-corrected chi connectivity index (χ1v) is 7.48. The van der Waals surface area contributed by atoms with E-state index in [1.165, 1.54) is 12.1 Å². The van der Waals surface area contributed by atoms with Gasteiger partial charge in [0.25, 0.3) is 0 Å². The van der Waals surface area contributed by atoms with Crippen LogP contribution in [-0.2, 0) is 10.0 Å². The maximum atomic E-state index is 11.1. The Morgan fingerprint density at radius 2 is 1.78 bits per heavy atom. The number of benzene rings is 1. The van der Waals surface area contributed by atoms with Crippen molar-refractivity contribution in [1.29, 1.82) is 0 Å². The highest BCUT2D eigenvalue weighted by Crippen LogP contribution is 2.17. The lowest BCUT2D eigenvalue weighted by molar-refractivity contribution is 0.499. The van der Waals surface area contributed by atoms with Crippen LogP contribution in [0.15, 0.2) is 29.2 Å². The van der Waals surface area contributed by atoms with Gasteiger partial charge in [0.05, 0.1) is 4.90 Å². The van der Waals surface area contributed by atoms with Crippen LogP contribution in [0.4, 0.5) is 5.69 Å². The maximum Gasteiger partial charge on any atom is 0.238 e. The van der Waals surface area contributed by atoms with Gasteiger partial charge < -0.3 is 11.1 Å². The summed E-state index contributed by atoms with van der Waals surface area (Å²) in [6, 6.07) is 6.70. The predicted molar refractivity (Wildman–Crippen MR) is 73.7 cm³/mol. The first-order chi connectivity index (χ1) is 8.34. The van der Waals surface area contributed by atoms with Crippen molar-refractivity contribution < 1.29 is 8.42 Å². The van der Waals surface area contributed by atoms with Crippen molar-refractivity contribution >= 4 is 15.7 Å². The smallest absolute Gasteiger partial charge is 0.238 e. The zero-order chi connectivity index (χ0) is 13.8. The van der Waals surface area contributed by atoms with Gasteiger partial charge in [-0.2, -0.15) is 0 Å². The van der Waals surface area contributed by atoms with Gasteiger partial charge in [-0.05, 0) is 43.1 Å². The summed E-state index contributed by atoms with van der Waals surface area (Å²) in [7, 11) is -3.62. The molecular weight excluding hydrogens is 250 g/mol. The maximum absolute atomic E-state index is 11.1. The first-order valence-electron chi connectivity index (χ1n) is 5.94. The van der Waals surface area contributed by atoms with Crippen LogP contribution >= 0.6 is 0 Å². The number of sulfonamides is 1. The molecule has 0 aliphatic heterocycles. The Morgan fingerprint density at radius 1 is 1.22 bits per heavy atom. The highest BCUT2D eigenvalue weighted by molar-refractivity contribution is 7.89. The summed E-state index contributed by atoms with van der Waals surface area (Å²) in [6.07, 6.45) is 0.870. The molecular formula is C12H21N3O2S. The van der Waals surface area contributed by atoms with E-state index in [1.807, 2.05) is 0 Å². The molecule has 0 amide bonds. The zero-order valence-electron chi connectivity index (χ0n) is 10.8. The summed E-state index contributed by atoms with van der Waals surface area (Å²) < 4.78 is 22.2. The van der Waals surface area contributed by atoms with Crippen molar-refractivity contribution in [3.05, 3.63) is 24.3 Å². The minimum absolute atomic E-state index is 0.118. The van der Waals surface area contributed by atoms with Crippen LogP contribution in [0.1, 0.15) is 20.3 Å². The Labute approximate surface area is 109 Å². The fourth-order valence-electron chi connectivity index (χ4n) is 1.71. The van der Waals surface area contributed by atoms with Crippen LogP contribution in [0.25, 0.3) is 0 Å². The molecule has 5 N–H and O–H groups in total. The number of hydrogen-bond donors (Lipinski definition) is 3. The van der Waals surface area contributed by atoms with Crippen molar-refractivity contribution in [3.63, 3.8) is 0 Å². The second-order valence-corrected chi connectivity index (χ2v) is 6.20. The molecule has 0 fully saturated rings. The van der Waals surface area contributed by atoms with E-state index in [1.54, 1.807) is 12.1 Å². The van der Waals surface area contributed by atoms with E-state index in [0.717, 1.165) is 12.1 Å². The number of rotatable bonds is 6. The topological polar surface area (TPSA) is 98.2 Å². The lowest BCUT2D eigenvalue weighted by Crippen LogP contribution is -2.28. The molecule has 1 atom stereocenters. The van der Waals surface area contributed by atoms with Gasteiger partial charge in [-0.15, -0.1) is 0 Å². The Hall–Kier alpha value is -1.11. The summed E-state index contributed by atoms with van der Waals surface area (Å²) in [6.45, 7) is 4.85. The standard InChI is InChI=1S/C12H21N3O2S/c1-9(2)12(7-8-13)15-10-3-5-11(6-4-10)18(14,16)17/h3-6,9,12,15H,7-8,13H2,1-2H3,(H2,14,16,17). The molecule has 1 aromatic rings. The minimum atomic E-state index is -3.62. The van der Waals surface area contributed by atoms with E-state index in [4.69, 9.17) is 10.9 Å². The van der Waals surface area contributed by atoms with E-state index >= 15 is 0 Å². The van der Waals surface area contributed by atoms with Gasteiger partial charge in [0.2, 0.25) is 10.0 Å². The molecule has 0 aromatic heterocycles. The molecule has 0 aliphatic carbocycles. The number of anilines is 1. The number of nitrogens with two attached hydrogens (primary N) is 2. The molecule has 0 bridgehead atoms. The molecule has 0 spiro atoms. The highest BCUT2D eigenvalue weighted by atomic mass is 32.2. The Morgan fingerprint density at radius 3 is 2.17 bits per heavy atom. The molecule has 1 aromatic carbocycles. The van der Waals surface area contributed by atoms with Crippen LogP contribution in [0.2, 0.25) is 0 Å². The number of nitrogens with one attached hydrogen (secondary N) is 1. The summed E-state index contributed by atoms with van der Waals surface area (Å²) in [5.41, 5.74) is 6.44. The quantitative estimate of drug-likeness (QED) is 0.722. The van der Waals surface area contributed by atoms with Crippen LogP contribution < -0.4 is 16.2 Å². The normalized spacial score (nSPS) is 13.6. The van der Waals surface area contributed by atoms with Gasteiger partial charge in [0.15, 0.2) is 0 Å². The fourth-order valence-corrected chi connectivity index (χ4v) is 2.22. The monoisotopic (exact) mass is 271 g/mol. The molecule has 6 heteroatoms. The summed E-state index contributed by atoms with van der Waals surface area (Å²) >= 11 is 0. The average Bonchev–Trinajstić information content (AvgIpc) is 2.28. The highest BCUT2D eigenvalue weighted by Gasteiger charge is 2.13. The largest absolute Gasteiger partial charge is 0.382 e. The van der Waals surface area contributed by atoms with E-state index in [9.17, 15) is 8.42 Å². The summed E-state index contributed by atoms with van der Waals surface area (Å²) in [5, 5.41) is 8.38. The van der Waals surface area contributed by atoms with E-state index in [-0.39, 0.29) is 10.9 Å². The van der Waals surface area contributed by atoms with Crippen LogP contribution in [-0.4, -0.2) is 21.0 Å². The third-order valence-corrected chi connectivity index (χ3v) is 3.75. The molecule has 0 aliphatic rings.